The summed E-state index contributed by atoms with van der Waals surface area (Å²) < 4.78 is 0. The van der Waals surface area contributed by atoms with Crippen LogP contribution in [0.5, 0.6) is 0 Å². The van der Waals surface area contributed by atoms with Crippen molar-refractivity contribution >= 4 is 0 Å². The zero-order valence-corrected chi connectivity index (χ0v) is 12.1. The number of nitrogens with one attached hydrogen (secondary N) is 1. The van der Waals surface area contributed by atoms with Crippen LogP contribution >= 0.6 is 0 Å². The van der Waals surface area contributed by atoms with Gasteiger partial charge in [0.2, 0.25) is 0 Å². The summed E-state index contributed by atoms with van der Waals surface area (Å²) in [6.45, 7) is 9.23. The van der Waals surface area contributed by atoms with Crippen LogP contribution in [0.3, 0.4) is 0 Å². The predicted molar refractivity (Wildman–Crippen MR) is 79.0 cm³/mol. The van der Waals surface area contributed by atoms with E-state index in [-0.39, 0.29) is 0 Å². The van der Waals surface area contributed by atoms with Crippen molar-refractivity contribution in [2.24, 2.45) is 5.92 Å². The molecule has 2 atom stereocenters. The highest BCUT2D eigenvalue weighted by atomic mass is 14.9. The molecule has 0 radical (unpaired) electrons. The molecule has 1 saturated carbocycles. The molecule has 0 aromatic heterocycles. The zero-order valence-electron chi connectivity index (χ0n) is 12.1. The Morgan fingerprint density at radius 1 is 1.33 bits per heavy atom. The van der Waals surface area contributed by atoms with Crippen LogP contribution in [0.15, 0.2) is 24.3 Å². The van der Waals surface area contributed by atoms with Gasteiger partial charge in [0.1, 0.15) is 0 Å². The molecule has 1 aromatic rings. The molecule has 2 rings (SSSR count). The van der Waals surface area contributed by atoms with E-state index in [1.54, 1.807) is 5.56 Å². The summed E-state index contributed by atoms with van der Waals surface area (Å²) in [6, 6.07) is 8.98. The van der Waals surface area contributed by atoms with E-state index in [0.29, 0.717) is 5.41 Å². The Labute approximate surface area is 112 Å². The van der Waals surface area contributed by atoms with Crippen molar-refractivity contribution in [1.82, 2.24) is 5.32 Å². The molecule has 1 aliphatic rings. The molecule has 100 valence electrons. The minimum absolute atomic E-state index is 0.376. The van der Waals surface area contributed by atoms with Gasteiger partial charge >= 0.3 is 0 Å². The van der Waals surface area contributed by atoms with Crippen molar-refractivity contribution < 1.29 is 0 Å². The van der Waals surface area contributed by atoms with E-state index in [9.17, 15) is 0 Å². The van der Waals surface area contributed by atoms with Crippen molar-refractivity contribution in [3.63, 3.8) is 0 Å². The Morgan fingerprint density at radius 2 is 2.11 bits per heavy atom. The molecule has 2 unspecified atom stereocenters. The Balaban J connectivity index is 2.28. The summed E-state index contributed by atoms with van der Waals surface area (Å²) in [6.07, 6.45) is 5.32. The molecule has 0 saturated heterocycles. The van der Waals surface area contributed by atoms with Gasteiger partial charge in [0.25, 0.3) is 0 Å². The van der Waals surface area contributed by atoms with E-state index in [4.69, 9.17) is 0 Å². The molecule has 1 fully saturated rings. The molecule has 0 aliphatic heterocycles. The van der Waals surface area contributed by atoms with Crippen LogP contribution in [0.25, 0.3) is 0 Å². The maximum absolute atomic E-state index is 3.67. The number of aryl methyl sites for hydroxylation is 1. The fourth-order valence-electron chi connectivity index (χ4n) is 3.62. The summed E-state index contributed by atoms with van der Waals surface area (Å²) in [5, 5.41) is 3.67. The summed E-state index contributed by atoms with van der Waals surface area (Å²) in [5.74, 6) is 0.794. The lowest BCUT2D eigenvalue weighted by molar-refractivity contribution is 0.316. The highest BCUT2D eigenvalue weighted by molar-refractivity contribution is 5.35. The fraction of sp³-hybridized carbons (Fsp3) is 0.647. The van der Waals surface area contributed by atoms with Crippen molar-refractivity contribution in [2.45, 2.75) is 51.9 Å². The van der Waals surface area contributed by atoms with Gasteiger partial charge < -0.3 is 5.32 Å². The minimum Gasteiger partial charge on any atom is -0.316 e. The molecule has 0 heterocycles. The van der Waals surface area contributed by atoms with Gasteiger partial charge in [0, 0.05) is 12.0 Å². The molecule has 1 aliphatic carbocycles. The van der Waals surface area contributed by atoms with Gasteiger partial charge in [0.15, 0.2) is 0 Å². The Hall–Kier alpha value is -0.820. The van der Waals surface area contributed by atoms with Crippen molar-refractivity contribution in [2.75, 3.05) is 13.1 Å². The van der Waals surface area contributed by atoms with Crippen LogP contribution in [-0.4, -0.2) is 13.1 Å². The third-order valence-electron chi connectivity index (χ3n) is 4.75. The van der Waals surface area contributed by atoms with Crippen LogP contribution in [0.1, 0.15) is 50.7 Å². The molecule has 1 aromatic carbocycles. The van der Waals surface area contributed by atoms with E-state index in [0.717, 1.165) is 19.0 Å². The average Bonchev–Trinajstić information content (AvgIpc) is 2.73. The first kappa shape index (κ1) is 13.6. The summed E-state index contributed by atoms with van der Waals surface area (Å²) >= 11 is 0. The maximum atomic E-state index is 3.67. The van der Waals surface area contributed by atoms with Crippen molar-refractivity contribution in [1.29, 1.82) is 0 Å². The lowest BCUT2D eigenvalue weighted by atomic mass is 9.71. The predicted octanol–water partition coefficient (Wildman–Crippen LogP) is 4.05. The number of rotatable bonds is 5. The van der Waals surface area contributed by atoms with E-state index < -0.39 is 0 Å². The van der Waals surface area contributed by atoms with E-state index in [2.05, 4.69) is 50.4 Å². The van der Waals surface area contributed by atoms with Gasteiger partial charge in [-0.15, -0.1) is 0 Å². The molecule has 1 N–H and O–H groups in total. The standard InChI is InChI=1S/C17H27N/c1-4-12-18-13-17(11-7-9-15(17)3)16-10-6-5-8-14(16)2/h5-6,8,10,15,18H,4,7,9,11-13H2,1-3H3. The quantitative estimate of drug-likeness (QED) is 0.772. The topological polar surface area (TPSA) is 12.0 Å². The smallest absolute Gasteiger partial charge is 0.0106 e. The average molecular weight is 245 g/mol. The first-order chi connectivity index (χ1) is 8.70. The molecular weight excluding hydrogens is 218 g/mol. The third kappa shape index (κ3) is 2.47. The van der Waals surface area contributed by atoms with Gasteiger partial charge in [-0.25, -0.2) is 0 Å². The van der Waals surface area contributed by atoms with E-state index in [1.807, 2.05) is 0 Å². The fourth-order valence-corrected chi connectivity index (χ4v) is 3.62. The van der Waals surface area contributed by atoms with Crippen LogP contribution in [0, 0.1) is 12.8 Å². The second-order valence-corrected chi connectivity index (χ2v) is 5.94. The second kappa shape index (κ2) is 5.88. The molecule has 0 spiro atoms. The lowest BCUT2D eigenvalue weighted by Gasteiger charge is -2.36. The van der Waals surface area contributed by atoms with E-state index in [1.165, 1.54) is 31.2 Å². The highest BCUT2D eigenvalue weighted by Crippen LogP contribution is 2.46. The SMILES string of the molecule is CCCNCC1(c2ccccc2C)CCCC1C. The largest absolute Gasteiger partial charge is 0.316 e. The van der Waals surface area contributed by atoms with Gasteiger partial charge in [-0.1, -0.05) is 44.5 Å². The second-order valence-electron chi connectivity index (χ2n) is 5.94. The summed E-state index contributed by atoms with van der Waals surface area (Å²) in [5.41, 5.74) is 3.42. The normalized spacial score (nSPS) is 27.6. The first-order valence-corrected chi connectivity index (χ1v) is 7.47. The Bertz CT molecular complexity index is 385. The monoisotopic (exact) mass is 245 g/mol. The lowest BCUT2D eigenvalue weighted by Crippen LogP contribution is -2.41. The number of hydrogen-bond acceptors (Lipinski definition) is 1. The van der Waals surface area contributed by atoms with Gasteiger partial charge in [-0.05, 0) is 49.8 Å². The minimum atomic E-state index is 0.376. The molecule has 18 heavy (non-hydrogen) atoms. The van der Waals surface area contributed by atoms with Crippen LogP contribution in [0.4, 0.5) is 0 Å². The molecule has 1 heteroatoms. The Morgan fingerprint density at radius 3 is 2.72 bits per heavy atom. The number of hydrogen-bond donors (Lipinski definition) is 1. The van der Waals surface area contributed by atoms with E-state index >= 15 is 0 Å². The molecule has 0 bridgehead atoms. The van der Waals surface area contributed by atoms with Crippen LogP contribution in [0.2, 0.25) is 0 Å². The van der Waals surface area contributed by atoms with Crippen LogP contribution in [-0.2, 0) is 5.41 Å². The molecule has 1 nitrogen and oxygen atoms in total. The Kier molecular flexibility index (Phi) is 4.45. The third-order valence-corrected chi connectivity index (χ3v) is 4.75. The van der Waals surface area contributed by atoms with Crippen LogP contribution < -0.4 is 5.32 Å². The van der Waals surface area contributed by atoms with Crippen molar-refractivity contribution in [3.05, 3.63) is 35.4 Å². The zero-order chi connectivity index (χ0) is 13.0. The van der Waals surface area contributed by atoms with Gasteiger partial charge in [-0.3, -0.25) is 0 Å². The molecular formula is C17H27N. The number of benzene rings is 1. The molecule has 0 amide bonds. The maximum Gasteiger partial charge on any atom is 0.0106 e. The highest BCUT2D eigenvalue weighted by Gasteiger charge is 2.41. The summed E-state index contributed by atoms with van der Waals surface area (Å²) in [4.78, 5) is 0. The van der Waals surface area contributed by atoms with Crippen molar-refractivity contribution in [3.8, 4) is 0 Å². The van der Waals surface area contributed by atoms with Gasteiger partial charge in [0.05, 0.1) is 0 Å². The first-order valence-electron chi connectivity index (χ1n) is 7.47. The summed E-state index contributed by atoms with van der Waals surface area (Å²) in [7, 11) is 0. The van der Waals surface area contributed by atoms with Gasteiger partial charge in [-0.2, -0.15) is 0 Å².